The van der Waals surface area contributed by atoms with Gasteiger partial charge in [0, 0.05) is 27.9 Å². The zero-order chi connectivity index (χ0) is 22.7. The molecule has 0 aliphatic heterocycles. The van der Waals surface area contributed by atoms with Crippen molar-refractivity contribution in [2.75, 3.05) is 11.9 Å². The van der Waals surface area contributed by atoms with E-state index in [2.05, 4.69) is 5.32 Å². The largest absolute Gasteiger partial charge is 0.456 e. The van der Waals surface area contributed by atoms with Crippen LogP contribution in [0, 0.1) is 0 Å². The number of hydrogen-bond acceptors (Lipinski definition) is 5. The van der Waals surface area contributed by atoms with E-state index >= 15 is 0 Å². The smallest absolute Gasteiger partial charge is 0.306 e. The summed E-state index contributed by atoms with van der Waals surface area (Å²) in [5.41, 5.74) is 2.62. The number of hydrogen-bond donors (Lipinski definition) is 1. The Labute approximate surface area is 185 Å². The van der Waals surface area contributed by atoms with Crippen LogP contribution in [0.25, 0.3) is 0 Å². The minimum absolute atomic E-state index is 0.0289. The average molecular weight is 427 g/mol. The third-order valence-corrected chi connectivity index (χ3v) is 5.41. The fourth-order valence-corrected chi connectivity index (χ4v) is 3.73. The Hall–Kier alpha value is -4.06. The molecule has 0 radical (unpaired) electrons. The van der Waals surface area contributed by atoms with Gasteiger partial charge < -0.3 is 10.1 Å². The van der Waals surface area contributed by atoms with E-state index in [-0.39, 0.29) is 29.5 Å². The quantitative estimate of drug-likeness (QED) is 0.467. The predicted octanol–water partition coefficient (Wildman–Crippen LogP) is 4.14. The number of ketones is 2. The van der Waals surface area contributed by atoms with E-state index in [1.165, 1.54) is 12.1 Å². The normalized spacial score (nSPS) is 13.0. The number of nitrogens with one attached hydrogen (secondary N) is 1. The lowest BCUT2D eigenvalue weighted by molar-refractivity contribution is -0.147. The number of rotatable bonds is 6. The molecule has 4 rings (SSSR count). The van der Waals surface area contributed by atoms with Crippen molar-refractivity contribution in [2.24, 2.45) is 0 Å². The maximum Gasteiger partial charge on any atom is 0.306 e. The highest BCUT2D eigenvalue weighted by Gasteiger charge is 2.29. The lowest BCUT2D eigenvalue weighted by Gasteiger charge is -2.18. The number of benzene rings is 3. The van der Waals surface area contributed by atoms with Gasteiger partial charge in [0.1, 0.15) is 0 Å². The van der Waals surface area contributed by atoms with Gasteiger partial charge in [0.05, 0.1) is 6.42 Å². The minimum atomic E-state index is -0.527. The molecule has 6 nitrogen and oxygen atoms in total. The zero-order valence-corrected chi connectivity index (χ0v) is 17.5. The molecule has 0 spiro atoms. The number of fused-ring (bicyclic) bond motifs is 2. The summed E-state index contributed by atoms with van der Waals surface area (Å²) >= 11 is 0. The van der Waals surface area contributed by atoms with Gasteiger partial charge in [0.15, 0.2) is 18.2 Å². The summed E-state index contributed by atoms with van der Waals surface area (Å²) in [6, 6.07) is 20.8. The van der Waals surface area contributed by atoms with Gasteiger partial charge in [-0.15, -0.1) is 0 Å². The van der Waals surface area contributed by atoms with E-state index in [1.54, 1.807) is 30.3 Å². The molecular weight excluding hydrogens is 406 g/mol. The lowest BCUT2D eigenvalue weighted by Crippen LogP contribution is -2.23. The van der Waals surface area contributed by atoms with Gasteiger partial charge in [0.25, 0.3) is 5.91 Å². The van der Waals surface area contributed by atoms with Crippen LogP contribution in [-0.4, -0.2) is 30.0 Å². The van der Waals surface area contributed by atoms with Crippen LogP contribution in [0.15, 0.2) is 72.8 Å². The van der Waals surface area contributed by atoms with Gasteiger partial charge in [-0.2, -0.15) is 0 Å². The topological polar surface area (TPSA) is 89.5 Å². The van der Waals surface area contributed by atoms with Gasteiger partial charge in [0.2, 0.25) is 0 Å². The van der Waals surface area contributed by atoms with Gasteiger partial charge in [-0.05, 0) is 29.7 Å². The number of amides is 1. The third kappa shape index (κ3) is 4.34. The Kier molecular flexibility index (Phi) is 5.94. The molecule has 0 saturated heterocycles. The molecule has 0 bridgehead atoms. The van der Waals surface area contributed by atoms with Crippen molar-refractivity contribution in [3.05, 3.63) is 101 Å². The maximum absolute atomic E-state index is 12.8. The van der Waals surface area contributed by atoms with Crippen molar-refractivity contribution >= 4 is 29.1 Å². The van der Waals surface area contributed by atoms with Crippen LogP contribution in [-0.2, 0) is 14.3 Å². The molecule has 1 aliphatic carbocycles. The molecule has 1 atom stereocenters. The van der Waals surface area contributed by atoms with Crippen molar-refractivity contribution in [2.45, 2.75) is 19.3 Å². The van der Waals surface area contributed by atoms with Gasteiger partial charge in [-0.25, -0.2) is 0 Å². The number of ether oxygens (including phenoxy) is 1. The molecule has 3 aromatic carbocycles. The first-order chi connectivity index (χ1) is 15.4. The SMILES string of the molecule is CC(CC(=O)OCC(=O)Nc1ccc2c(c1)C(=O)c1ccccc1C2=O)c1ccccc1. The molecule has 3 aromatic rings. The summed E-state index contributed by atoms with van der Waals surface area (Å²) in [5.74, 6) is -1.53. The molecule has 1 N–H and O–H groups in total. The summed E-state index contributed by atoms with van der Waals surface area (Å²) in [7, 11) is 0. The number of carbonyl (C=O) groups is 4. The van der Waals surface area contributed by atoms with E-state index in [4.69, 9.17) is 4.74 Å². The van der Waals surface area contributed by atoms with Gasteiger partial charge in [-0.3, -0.25) is 19.2 Å². The minimum Gasteiger partial charge on any atom is -0.456 e. The summed E-state index contributed by atoms with van der Waals surface area (Å²) in [5, 5.41) is 2.61. The van der Waals surface area contributed by atoms with Crippen molar-refractivity contribution in [1.82, 2.24) is 0 Å². The first-order valence-corrected chi connectivity index (χ1v) is 10.3. The van der Waals surface area contributed by atoms with Gasteiger partial charge >= 0.3 is 5.97 Å². The molecule has 0 heterocycles. The molecule has 1 aliphatic rings. The van der Waals surface area contributed by atoms with Crippen LogP contribution in [0.2, 0.25) is 0 Å². The van der Waals surface area contributed by atoms with Crippen LogP contribution in [0.4, 0.5) is 5.69 Å². The Bertz CT molecular complexity index is 1220. The highest BCUT2D eigenvalue weighted by Crippen LogP contribution is 2.29. The number of esters is 1. The Morgan fingerprint density at radius 1 is 0.812 bits per heavy atom. The molecule has 160 valence electrons. The summed E-state index contributed by atoms with van der Waals surface area (Å²) in [6.07, 6.45) is 0.159. The molecule has 6 heteroatoms. The summed E-state index contributed by atoms with van der Waals surface area (Å²) in [6.45, 7) is 1.48. The van der Waals surface area contributed by atoms with Gasteiger partial charge in [-0.1, -0.05) is 61.5 Å². The van der Waals surface area contributed by atoms with E-state index in [1.807, 2.05) is 37.3 Å². The third-order valence-electron chi connectivity index (χ3n) is 5.41. The summed E-state index contributed by atoms with van der Waals surface area (Å²) in [4.78, 5) is 49.8. The lowest BCUT2D eigenvalue weighted by atomic mass is 9.84. The summed E-state index contributed by atoms with van der Waals surface area (Å²) < 4.78 is 5.09. The van der Waals surface area contributed by atoms with Crippen LogP contribution in [0.5, 0.6) is 0 Å². The van der Waals surface area contributed by atoms with E-state index < -0.39 is 18.5 Å². The zero-order valence-electron chi connectivity index (χ0n) is 17.5. The molecule has 32 heavy (non-hydrogen) atoms. The highest BCUT2D eigenvalue weighted by atomic mass is 16.5. The maximum atomic E-state index is 12.8. The number of anilines is 1. The van der Waals surface area contributed by atoms with Crippen LogP contribution in [0.3, 0.4) is 0 Å². The number of carbonyl (C=O) groups excluding carboxylic acids is 4. The van der Waals surface area contributed by atoms with Crippen LogP contribution >= 0.6 is 0 Å². The Balaban J connectivity index is 1.37. The van der Waals surface area contributed by atoms with Crippen molar-refractivity contribution in [3.63, 3.8) is 0 Å². The predicted molar refractivity (Wildman–Crippen MR) is 119 cm³/mol. The van der Waals surface area contributed by atoms with Crippen molar-refractivity contribution in [3.8, 4) is 0 Å². The van der Waals surface area contributed by atoms with E-state index in [9.17, 15) is 19.2 Å². The first kappa shape index (κ1) is 21.2. The first-order valence-electron chi connectivity index (χ1n) is 10.3. The van der Waals surface area contributed by atoms with Crippen molar-refractivity contribution in [1.29, 1.82) is 0 Å². The molecule has 0 fully saturated rings. The van der Waals surface area contributed by atoms with Crippen molar-refractivity contribution < 1.29 is 23.9 Å². The molecule has 1 amide bonds. The molecule has 1 unspecified atom stereocenters. The Morgan fingerprint density at radius 3 is 2.09 bits per heavy atom. The fourth-order valence-electron chi connectivity index (χ4n) is 3.73. The second-order valence-electron chi connectivity index (χ2n) is 7.69. The fraction of sp³-hybridized carbons (Fsp3) is 0.154. The second-order valence-corrected chi connectivity index (χ2v) is 7.69. The average Bonchev–Trinajstić information content (AvgIpc) is 2.82. The van der Waals surface area contributed by atoms with Crippen LogP contribution < -0.4 is 5.32 Å². The second kappa shape index (κ2) is 8.98. The highest BCUT2D eigenvalue weighted by molar-refractivity contribution is 6.28. The molecule has 0 aromatic heterocycles. The van der Waals surface area contributed by atoms with E-state index in [0.717, 1.165) is 5.56 Å². The standard InChI is InChI=1S/C26H21NO5/c1-16(17-7-3-2-4-8-17)13-24(29)32-15-23(28)27-18-11-12-21-22(14-18)26(31)20-10-6-5-9-19(20)25(21)30/h2-12,14,16H,13,15H2,1H3,(H,27,28). The van der Waals surface area contributed by atoms with E-state index in [0.29, 0.717) is 22.4 Å². The Morgan fingerprint density at radius 2 is 1.41 bits per heavy atom. The molecular formula is C26H21NO5. The molecule has 0 saturated carbocycles. The van der Waals surface area contributed by atoms with Crippen LogP contribution in [0.1, 0.15) is 56.7 Å². The monoisotopic (exact) mass is 427 g/mol.